The Morgan fingerprint density at radius 1 is 1.13 bits per heavy atom. The number of halogens is 3. The minimum atomic E-state index is -0.828. The van der Waals surface area contributed by atoms with Crippen molar-refractivity contribution in [1.29, 1.82) is 0 Å². The summed E-state index contributed by atoms with van der Waals surface area (Å²) in [5, 5.41) is 18.2. The first-order valence-electron chi connectivity index (χ1n) is 9.13. The lowest BCUT2D eigenvalue weighted by atomic mass is 9.94. The second kappa shape index (κ2) is 8.41. The predicted octanol–water partition coefficient (Wildman–Crippen LogP) is 5.10. The van der Waals surface area contributed by atoms with Crippen LogP contribution in [0.15, 0.2) is 30.5 Å². The lowest BCUT2D eigenvalue weighted by molar-refractivity contribution is 0.145. The normalized spacial score (nSPS) is 11.5. The molecule has 0 aliphatic heterocycles. The molecule has 0 atom stereocenters. The second-order valence-corrected chi connectivity index (χ2v) is 7.04. The van der Waals surface area contributed by atoms with Crippen molar-refractivity contribution in [1.82, 2.24) is 15.2 Å². The van der Waals surface area contributed by atoms with Crippen LogP contribution >= 0.6 is 11.6 Å². The number of nitrogens with zero attached hydrogens (tertiary/aromatic N) is 2. The number of pyridine rings is 1. The Balaban J connectivity index is 2.09. The monoisotopic (exact) mass is 433 g/mol. The van der Waals surface area contributed by atoms with Gasteiger partial charge in [0.15, 0.2) is 5.65 Å². The number of nitrogens with one attached hydrogen (secondary N) is 1. The number of H-pyrrole nitrogens is 1. The summed E-state index contributed by atoms with van der Waals surface area (Å²) in [6, 6.07) is 6.06. The molecular formula is C21H18ClF2N3O3. The van der Waals surface area contributed by atoms with E-state index in [-0.39, 0.29) is 28.7 Å². The average molecular weight is 434 g/mol. The maximum Gasteiger partial charge on any atom is 0.156 e. The highest BCUT2D eigenvalue weighted by molar-refractivity contribution is 6.32. The predicted molar refractivity (Wildman–Crippen MR) is 111 cm³/mol. The van der Waals surface area contributed by atoms with E-state index in [0.717, 1.165) is 0 Å². The molecule has 0 saturated heterocycles. The summed E-state index contributed by atoms with van der Waals surface area (Å²) in [7, 11) is 1.53. The Labute approximate surface area is 175 Å². The molecule has 0 unspecified atom stereocenters. The van der Waals surface area contributed by atoms with Crippen molar-refractivity contribution in [2.24, 2.45) is 0 Å². The Morgan fingerprint density at radius 2 is 1.97 bits per heavy atom. The summed E-state index contributed by atoms with van der Waals surface area (Å²) in [6.07, 6.45) is 1.53. The lowest BCUT2D eigenvalue weighted by Crippen LogP contribution is -2.07. The van der Waals surface area contributed by atoms with Crippen molar-refractivity contribution in [2.45, 2.75) is 13.3 Å². The number of phenols is 1. The van der Waals surface area contributed by atoms with Crippen molar-refractivity contribution in [2.75, 3.05) is 20.3 Å². The Hall–Kier alpha value is -2.97. The fourth-order valence-electron chi connectivity index (χ4n) is 3.50. The quantitative estimate of drug-likeness (QED) is 0.396. The van der Waals surface area contributed by atoms with Crippen LogP contribution in [0, 0.1) is 0 Å². The number of phenolic OH excluding ortho intramolecular Hbond substituents is 1. The van der Waals surface area contributed by atoms with E-state index in [1.807, 2.05) is 0 Å². The number of aromatic hydroxyl groups is 1. The summed E-state index contributed by atoms with van der Waals surface area (Å²) in [5.41, 5.74) is 1.93. The summed E-state index contributed by atoms with van der Waals surface area (Å²) in [6.45, 7) is -1.14. The summed E-state index contributed by atoms with van der Waals surface area (Å²) in [5.74, 6) is 0.162. The fourth-order valence-corrected chi connectivity index (χ4v) is 3.68. The second-order valence-electron chi connectivity index (χ2n) is 6.63. The van der Waals surface area contributed by atoms with E-state index in [0.29, 0.717) is 45.2 Å². The van der Waals surface area contributed by atoms with E-state index >= 15 is 0 Å². The topological polar surface area (TPSA) is 80.3 Å². The molecule has 0 bridgehead atoms. The number of alkyl halides is 2. The summed E-state index contributed by atoms with van der Waals surface area (Å²) in [4.78, 5) is 4.59. The Kier molecular flexibility index (Phi) is 5.69. The maximum atomic E-state index is 14.2. The van der Waals surface area contributed by atoms with Gasteiger partial charge in [0.25, 0.3) is 0 Å². The number of hydrogen-bond acceptors (Lipinski definition) is 5. The molecule has 0 aliphatic carbocycles. The van der Waals surface area contributed by atoms with Gasteiger partial charge in [-0.1, -0.05) is 11.6 Å². The first-order chi connectivity index (χ1) is 14.6. The van der Waals surface area contributed by atoms with Crippen LogP contribution in [-0.2, 0) is 18.1 Å². The highest BCUT2D eigenvalue weighted by Gasteiger charge is 2.22. The number of aromatic nitrogens is 3. The van der Waals surface area contributed by atoms with E-state index < -0.39 is 13.3 Å². The molecule has 2 heterocycles. The molecule has 0 radical (unpaired) electrons. The largest absolute Gasteiger partial charge is 0.506 e. The Bertz CT molecular complexity index is 1230. The minimum Gasteiger partial charge on any atom is -0.506 e. The average Bonchev–Trinajstić information content (AvgIpc) is 3.23. The van der Waals surface area contributed by atoms with Gasteiger partial charge in [-0.15, -0.1) is 0 Å². The molecule has 0 saturated carbocycles. The molecular weight excluding hydrogens is 416 g/mol. The lowest BCUT2D eigenvalue weighted by Gasteiger charge is -2.17. The standard InChI is InChI=1S/C21H18ClF2N3O3/c1-29-4-5-30-17-7-12(8-23)18-19(13(17)9-24)14-10-25-27-21(14)26-20(18)11-2-3-16(28)15(22)6-11/h2-3,6-7,10,28H,4-5,8-9H2,1H3,(H,25,26,27). The molecule has 4 rings (SSSR count). The van der Waals surface area contributed by atoms with Crippen molar-refractivity contribution in [3.63, 3.8) is 0 Å². The van der Waals surface area contributed by atoms with Gasteiger partial charge in [-0.2, -0.15) is 5.10 Å². The van der Waals surface area contributed by atoms with Crippen LogP contribution in [0.25, 0.3) is 33.1 Å². The zero-order valence-corrected chi connectivity index (χ0v) is 16.8. The molecule has 0 fully saturated rings. The fraction of sp³-hybridized carbons (Fsp3) is 0.238. The van der Waals surface area contributed by atoms with E-state index in [2.05, 4.69) is 15.2 Å². The van der Waals surface area contributed by atoms with E-state index in [1.165, 1.54) is 31.5 Å². The first-order valence-corrected chi connectivity index (χ1v) is 9.50. The van der Waals surface area contributed by atoms with Gasteiger partial charge >= 0.3 is 0 Å². The molecule has 6 nitrogen and oxygen atoms in total. The summed E-state index contributed by atoms with van der Waals surface area (Å²) < 4.78 is 39.0. The molecule has 9 heteroatoms. The first kappa shape index (κ1) is 20.3. The number of methoxy groups -OCH3 is 1. The number of fused-ring (bicyclic) bond motifs is 3. The molecule has 2 aromatic carbocycles. The van der Waals surface area contributed by atoms with Crippen molar-refractivity contribution in [3.8, 4) is 22.8 Å². The number of ether oxygens (including phenoxy) is 2. The Morgan fingerprint density at radius 3 is 2.67 bits per heavy atom. The zero-order chi connectivity index (χ0) is 21.3. The highest BCUT2D eigenvalue weighted by atomic mass is 35.5. The highest BCUT2D eigenvalue weighted by Crippen LogP contribution is 2.42. The zero-order valence-electron chi connectivity index (χ0n) is 16.0. The maximum absolute atomic E-state index is 14.2. The van der Waals surface area contributed by atoms with Crippen LogP contribution in [0.4, 0.5) is 8.78 Å². The number of rotatable bonds is 7. The third-order valence-corrected chi connectivity index (χ3v) is 5.17. The van der Waals surface area contributed by atoms with Crippen molar-refractivity contribution < 1.29 is 23.4 Å². The van der Waals surface area contributed by atoms with Crippen LogP contribution in [0.5, 0.6) is 11.5 Å². The van der Waals surface area contributed by atoms with Crippen LogP contribution in [0.3, 0.4) is 0 Å². The van der Waals surface area contributed by atoms with Gasteiger partial charge in [-0.05, 0) is 29.8 Å². The van der Waals surface area contributed by atoms with Gasteiger partial charge in [0.05, 0.1) is 23.5 Å². The van der Waals surface area contributed by atoms with Gasteiger partial charge in [-0.25, -0.2) is 13.8 Å². The van der Waals surface area contributed by atoms with Gasteiger partial charge < -0.3 is 14.6 Å². The third kappa shape index (κ3) is 3.42. The van der Waals surface area contributed by atoms with Crippen LogP contribution < -0.4 is 4.74 Å². The minimum absolute atomic E-state index is 0.0867. The molecule has 156 valence electrons. The van der Waals surface area contributed by atoms with Gasteiger partial charge in [0.2, 0.25) is 0 Å². The van der Waals surface area contributed by atoms with Crippen molar-refractivity contribution in [3.05, 3.63) is 46.6 Å². The molecule has 0 amide bonds. The van der Waals surface area contributed by atoms with E-state index in [4.69, 9.17) is 21.1 Å². The van der Waals surface area contributed by atoms with E-state index in [9.17, 15) is 13.9 Å². The van der Waals surface area contributed by atoms with Crippen LogP contribution in [0.2, 0.25) is 5.02 Å². The van der Waals surface area contributed by atoms with Gasteiger partial charge in [0.1, 0.15) is 31.5 Å². The van der Waals surface area contributed by atoms with Gasteiger partial charge in [-0.3, -0.25) is 5.10 Å². The number of benzene rings is 2. The molecule has 0 spiro atoms. The molecule has 2 N–H and O–H groups in total. The van der Waals surface area contributed by atoms with Gasteiger partial charge in [0, 0.05) is 34.4 Å². The van der Waals surface area contributed by atoms with Crippen LogP contribution in [0.1, 0.15) is 11.1 Å². The molecule has 4 aromatic rings. The van der Waals surface area contributed by atoms with E-state index in [1.54, 1.807) is 6.07 Å². The SMILES string of the molecule is COCCOc1cc(CF)c2c(-c3ccc(O)c(Cl)c3)nc3[nH]ncc3c2c1CF. The number of hydrogen-bond donors (Lipinski definition) is 2. The molecule has 2 aromatic heterocycles. The smallest absolute Gasteiger partial charge is 0.156 e. The van der Waals surface area contributed by atoms with Crippen molar-refractivity contribution >= 4 is 33.4 Å². The molecule has 30 heavy (non-hydrogen) atoms. The number of aromatic amines is 1. The summed E-state index contributed by atoms with van der Waals surface area (Å²) >= 11 is 6.08. The van der Waals surface area contributed by atoms with Crippen LogP contribution in [-0.4, -0.2) is 40.6 Å². The third-order valence-electron chi connectivity index (χ3n) is 4.87. The molecule has 0 aliphatic rings.